The molecule has 0 fully saturated rings. The van der Waals surface area contributed by atoms with E-state index in [0.717, 1.165) is 17.9 Å². The molecule has 0 aliphatic rings. The number of hydrogen-bond acceptors (Lipinski definition) is 6. The van der Waals surface area contributed by atoms with Gasteiger partial charge in [0.1, 0.15) is 5.02 Å². The molecule has 0 atom stereocenters. The summed E-state index contributed by atoms with van der Waals surface area (Å²) in [6.45, 7) is 1.71. The topological polar surface area (TPSA) is 76.4 Å². The highest BCUT2D eigenvalue weighted by atomic mass is 35.5. The monoisotopic (exact) mass is 321 g/mol. The molecular formula is C12H20ClN3O3S. The minimum atomic E-state index is -0.318. The SMILES string of the molecule is COCCn1ncc(NCCSCCCO)c(Cl)c1=O. The van der Waals surface area contributed by atoms with Gasteiger partial charge in [-0.2, -0.15) is 16.9 Å². The van der Waals surface area contributed by atoms with Gasteiger partial charge in [-0.3, -0.25) is 4.79 Å². The van der Waals surface area contributed by atoms with Gasteiger partial charge in [0.25, 0.3) is 5.56 Å². The Morgan fingerprint density at radius 2 is 2.35 bits per heavy atom. The maximum atomic E-state index is 11.9. The Hall–Kier alpha value is -0.760. The lowest BCUT2D eigenvalue weighted by molar-refractivity contribution is 0.182. The smallest absolute Gasteiger partial charge is 0.287 e. The largest absolute Gasteiger partial charge is 0.396 e. The van der Waals surface area contributed by atoms with Gasteiger partial charge in [-0.1, -0.05) is 11.6 Å². The van der Waals surface area contributed by atoms with Crippen molar-refractivity contribution in [3.63, 3.8) is 0 Å². The van der Waals surface area contributed by atoms with E-state index in [9.17, 15) is 4.79 Å². The van der Waals surface area contributed by atoms with Crippen LogP contribution in [0, 0.1) is 0 Å². The van der Waals surface area contributed by atoms with Crippen molar-refractivity contribution in [3.05, 3.63) is 21.6 Å². The molecule has 0 saturated carbocycles. The highest BCUT2D eigenvalue weighted by molar-refractivity contribution is 7.99. The van der Waals surface area contributed by atoms with Crippen LogP contribution in [0.2, 0.25) is 5.02 Å². The summed E-state index contributed by atoms with van der Waals surface area (Å²) < 4.78 is 6.19. The molecule has 0 spiro atoms. The van der Waals surface area contributed by atoms with Gasteiger partial charge in [0.05, 0.1) is 25.0 Å². The molecule has 0 amide bonds. The summed E-state index contributed by atoms with van der Waals surface area (Å²) in [5.74, 6) is 1.80. The second kappa shape index (κ2) is 10.0. The molecule has 0 radical (unpaired) electrons. The van der Waals surface area contributed by atoms with Crippen LogP contribution >= 0.6 is 23.4 Å². The molecule has 2 N–H and O–H groups in total. The number of hydrogen-bond donors (Lipinski definition) is 2. The predicted molar refractivity (Wildman–Crippen MR) is 82.9 cm³/mol. The van der Waals surface area contributed by atoms with E-state index < -0.39 is 0 Å². The van der Waals surface area contributed by atoms with Crippen molar-refractivity contribution < 1.29 is 9.84 Å². The molecule has 0 aliphatic heterocycles. The first kappa shape index (κ1) is 17.3. The van der Waals surface area contributed by atoms with Crippen LogP contribution in [-0.4, -0.2) is 53.3 Å². The second-order valence-corrected chi connectivity index (χ2v) is 5.61. The van der Waals surface area contributed by atoms with Crippen LogP contribution in [0.15, 0.2) is 11.0 Å². The Labute approximate surface area is 127 Å². The van der Waals surface area contributed by atoms with E-state index in [1.54, 1.807) is 25.1 Å². The normalized spacial score (nSPS) is 10.8. The van der Waals surface area contributed by atoms with Crippen LogP contribution < -0.4 is 10.9 Å². The van der Waals surface area contributed by atoms with Crippen LogP contribution in [0.5, 0.6) is 0 Å². The number of ether oxygens (including phenoxy) is 1. The third-order valence-electron chi connectivity index (χ3n) is 2.50. The van der Waals surface area contributed by atoms with Crippen LogP contribution in [0.25, 0.3) is 0 Å². The fourth-order valence-corrected chi connectivity index (χ4v) is 2.45. The third kappa shape index (κ3) is 5.70. The molecule has 20 heavy (non-hydrogen) atoms. The number of nitrogens with one attached hydrogen (secondary N) is 1. The number of aliphatic hydroxyl groups excluding tert-OH is 1. The van der Waals surface area contributed by atoms with E-state index >= 15 is 0 Å². The summed E-state index contributed by atoms with van der Waals surface area (Å²) in [5, 5.41) is 15.9. The van der Waals surface area contributed by atoms with Crippen molar-refractivity contribution in [1.82, 2.24) is 9.78 Å². The van der Waals surface area contributed by atoms with Crippen molar-refractivity contribution in [2.75, 3.05) is 43.7 Å². The van der Waals surface area contributed by atoms with Crippen molar-refractivity contribution in [2.24, 2.45) is 0 Å². The number of halogens is 1. The Kier molecular flexibility index (Phi) is 8.68. The minimum absolute atomic E-state index is 0.150. The molecule has 0 aliphatic carbocycles. The lowest BCUT2D eigenvalue weighted by Crippen LogP contribution is -2.26. The lowest BCUT2D eigenvalue weighted by Gasteiger charge is -2.09. The van der Waals surface area contributed by atoms with Crippen molar-refractivity contribution >= 4 is 29.1 Å². The molecule has 1 heterocycles. The quantitative estimate of drug-likeness (QED) is 0.628. The summed E-state index contributed by atoms with van der Waals surface area (Å²) in [6, 6.07) is 0. The zero-order valence-corrected chi connectivity index (χ0v) is 13.0. The standard InChI is InChI=1S/C12H20ClN3O3S/c1-19-6-4-16-12(18)11(13)10(9-15-16)14-3-8-20-7-2-5-17/h9,14,17H,2-8H2,1H3. The summed E-state index contributed by atoms with van der Waals surface area (Å²) >= 11 is 7.76. The zero-order chi connectivity index (χ0) is 14.8. The number of thioether (sulfide) groups is 1. The second-order valence-electron chi connectivity index (χ2n) is 4.01. The lowest BCUT2D eigenvalue weighted by atomic mass is 10.4. The Morgan fingerprint density at radius 1 is 1.55 bits per heavy atom. The van der Waals surface area contributed by atoms with Gasteiger partial charge >= 0.3 is 0 Å². The Bertz CT molecular complexity index is 456. The summed E-state index contributed by atoms with van der Waals surface area (Å²) in [7, 11) is 1.57. The number of rotatable bonds is 10. The molecule has 0 aromatic carbocycles. The molecule has 1 aromatic rings. The minimum Gasteiger partial charge on any atom is -0.396 e. The van der Waals surface area contributed by atoms with E-state index in [1.165, 1.54) is 4.68 Å². The molecule has 6 nitrogen and oxygen atoms in total. The fourth-order valence-electron chi connectivity index (χ4n) is 1.45. The maximum Gasteiger partial charge on any atom is 0.287 e. The fraction of sp³-hybridized carbons (Fsp3) is 0.667. The van der Waals surface area contributed by atoms with E-state index in [0.29, 0.717) is 25.4 Å². The third-order valence-corrected chi connectivity index (χ3v) is 3.94. The number of anilines is 1. The van der Waals surface area contributed by atoms with Gasteiger partial charge in [0.2, 0.25) is 0 Å². The van der Waals surface area contributed by atoms with Gasteiger partial charge in [-0.25, -0.2) is 4.68 Å². The molecule has 0 saturated heterocycles. The van der Waals surface area contributed by atoms with Gasteiger partial charge in [-0.15, -0.1) is 0 Å². The van der Waals surface area contributed by atoms with Gasteiger partial charge in [0.15, 0.2) is 0 Å². The maximum absolute atomic E-state index is 11.9. The zero-order valence-electron chi connectivity index (χ0n) is 11.5. The number of aromatic nitrogens is 2. The molecular weight excluding hydrogens is 302 g/mol. The molecule has 114 valence electrons. The summed E-state index contributed by atoms with van der Waals surface area (Å²) in [6.07, 6.45) is 2.35. The summed E-state index contributed by atoms with van der Waals surface area (Å²) in [4.78, 5) is 11.9. The van der Waals surface area contributed by atoms with Crippen LogP contribution in [0.1, 0.15) is 6.42 Å². The molecule has 0 bridgehead atoms. The first-order valence-corrected chi connectivity index (χ1v) is 7.91. The first-order valence-electron chi connectivity index (χ1n) is 6.37. The Balaban J connectivity index is 2.47. The first-order chi connectivity index (χ1) is 9.70. The van der Waals surface area contributed by atoms with E-state index in [1.807, 2.05) is 0 Å². The number of nitrogens with zero attached hydrogens (tertiary/aromatic N) is 2. The van der Waals surface area contributed by atoms with Crippen LogP contribution in [-0.2, 0) is 11.3 Å². The summed E-state index contributed by atoms with van der Waals surface area (Å²) in [5.41, 5.74) is 0.231. The number of aliphatic hydroxyl groups is 1. The van der Waals surface area contributed by atoms with Gasteiger partial charge in [-0.05, 0) is 12.2 Å². The van der Waals surface area contributed by atoms with Gasteiger partial charge in [0, 0.05) is 26.0 Å². The van der Waals surface area contributed by atoms with E-state index in [2.05, 4.69) is 10.4 Å². The van der Waals surface area contributed by atoms with E-state index in [-0.39, 0.29) is 17.2 Å². The average Bonchev–Trinajstić information content (AvgIpc) is 2.46. The molecule has 8 heteroatoms. The average molecular weight is 322 g/mol. The Morgan fingerprint density at radius 3 is 3.05 bits per heavy atom. The van der Waals surface area contributed by atoms with Crippen molar-refractivity contribution in [3.8, 4) is 0 Å². The molecule has 1 aromatic heterocycles. The highest BCUT2D eigenvalue weighted by Gasteiger charge is 2.08. The van der Waals surface area contributed by atoms with Gasteiger partial charge < -0.3 is 15.2 Å². The highest BCUT2D eigenvalue weighted by Crippen LogP contribution is 2.15. The molecule has 0 unspecified atom stereocenters. The number of methoxy groups -OCH3 is 1. The van der Waals surface area contributed by atoms with Crippen molar-refractivity contribution in [1.29, 1.82) is 0 Å². The van der Waals surface area contributed by atoms with E-state index in [4.69, 9.17) is 21.4 Å². The molecule has 1 rings (SSSR count). The predicted octanol–water partition coefficient (Wildman–Crippen LogP) is 1.07. The van der Waals surface area contributed by atoms with Crippen LogP contribution in [0.3, 0.4) is 0 Å². The van der Waals surface area contributed by atoms with Crippen LogP contribution in [0.4, 0.5) is 5.69 Å². The van der Waals surface area contributed by atoms with Crippen molar-refractivity contribution in [2.45, 2.75) is 13.0 Å².